The van der Waals surface area contributed by atoms with E-state index in [9.17, 15) is 4.79 Å². The van der Waals surface area contributed by atoms with E-state index >= 15 is 0 Å². The van der Waals surface area contributed by atoms with Gasteiger partial charge in [0.1, 0.15) is 0 Å². The number of hydrogen-bond donors (Lipinski definition) is 1. The summed E-state index contributed by atoms with van der Waals surface area (Å²) in [6.07, 6.45) is 0.148. The Morgan fingerprint density at radius 1 is 1.83 bits per heavy atom. The van der Waals surface area contributed by atoms with Gasteiger partial charge in [0.2, 0.25) is 0 Å². The number of hydrogen-bond acceptors (Lipinski definition) is 2. The Bertz CT molecular complexity index is 161. The minimum absolute atomic E-state index is 0.0415. The first kappa shape index (κ1) is 9.32. The van der Waals surface area contributed by atoms with Crippen LogP contribution in [0.25, 0.3) is 0 Å². The van der Waals surface area contributed by atoms with Crippen LogP contribution in [0.4, 0.5) is 4.79 Å². The molecular formula is C8H15N2O2. The van der Waals surface area contributed by atoms with Crippen LogP contribution in [0.3, 0.4) is 0 Å². The van der Waals surface area contributed by atoms with Crippen LogP contribution in [0.15, 0.2) is 0 Å². The molecule has 0 spiro atoms. The normalized spacial score (nSPS) is 23.8. The maximum absolute atomic E-state index is 11.3. The third-order valence-electron chi connectivity index (χ3n) is 1.80. The lowest BCUT2D eigenvalue weighted by Crippen LogP contribution is -2.48. The lowest BCUT2D eigenvalue weighted by Gasteiger charge is -2.30. The Morgan fingerprint density at radius 3 is 3.17 bits per heavy atom. The van der Waals surface area contributed by atoms with Crippen LogP contribution >= 0.6 is 0 Å². The molecule has 1 atom stereocenters. The van der Waals surface area contributed by atoms with Gasteiger partial charge in [0, 0.05) is 19.6 Å². The molecule has 1 saturated heterocycles. The zero-order chi connectivity index (χ0) is 8.97. The second kappa shape index (κ2) is 4.30. The standard InChI is InChI=1S/C8H15N2O2/c1-3-9-8(11)10-4-5-12-7(2)6-10/h7H,1,3-6H2,2H3,(H,9,11). The fourth-order valence-electron chi connectivity index (χ4n) is 1.22. The number of carbonyl (C=O) groups is 1. The third kappa shape index (κ3) is 2.37. The Balaban J connectivity index is 2.35. The molecule has 0 bridgehead atoms. The molecule has 1 N–H and O–H groups in total. The number of nitrogens with zero attached hydrogens (tertiary/aromatic N) is 1. The van der Waals surface area contributed by atoms with Crippen molar-refractivity contribution >= 4 is 6.03 Å². The molecule has 0 aromatic heterocycles. The molecule has 4 heteroatoms. The van der Waals surface area contributed by atoms with Crippen LogP contribution < -0.4 is 5.32 Å². The molecule has 1 heterocycles. The molecule has 0 aromatic rings. The molecule has 0 aliphatic carbocycles. The maximum Gasteiger partial charge on any atom is 0.317 e. The van der Waals surface area contributed by atoms with Gasteiger partial charge in [-0.3, -0.25) is 0 Å². The molecule has 1 radical (unpaired) electrons. The summed E-state index contributed by atoms with van der Waals surface area (Å²) in [5.41, 5.74) is 0. The topological polar surface area (TPSA) is 41.6 Å². The van der Waals surface area contributed by atoms with Crippen LogP contribution in [0.2, 0.25) is 0 Å². The number of nitrogens with one attached hydrogen (secondary N) is 1. The Kier molecular flexibility index (Phi) is 3.34. The van der Waals surface area contributed by atoms with Crippen molar-refractivity contribution in [2.24, 2.45) is 0 Å². The first-order valence-corrected chi connectivity index (χ1v) is 4.17. The van der Waals surface area contributed by atoms with Crippen molar-refractivity contribution in [1.82, 2.24) is 10.2 Å². The summed E-state index contributed by atoms with van der Waals surface area (Å²) >= 11 is 0. The zero-order valence-corrected chi connectivity index (χ0v) is 7.38. The number of rotatable bonds is 1. The summed E-state index contributed by atoms with van der Waals surface area (Å²) in [6.45, 7) is 7.93. The van der Waals surface area contributed by atoms with Crippen molar-refractivity contribution in [3.63, 3.8) is 0 Å². The van der Waals surface area contributed by atoms with Crippen molar-refractivity contribution in [3.05, 3.63) is 6.92 Å². The summed E-state index contributed by atoms with van der Waals surface area (Å²) in [7, 11) is 0. The number of morpholine rings is 1. The minimum atomic E-state index is -0.0415. The summed E-state index contributed by atoms with van der Waals surface area (Å²) in [4.78, 5) is 13.0. The van der Waals surface area contributed by atoms with E-state index in [1.54, 1.807) is 4.90 Å². The fourth-order valence-corrected chi connectivity index (χ4v) is 1.22. The van der Waals surface area contributed by atoms with Gasteiger partial charge in [-0.2, -0.15) is 0 Å². The van der Waals surface area contributed by atoms with Gasteiger partial charge >= 0.3 is 6.03 Å². The predicted octanol–water partition coefficient (Wildman–Crippen LogP) is 0.251. The highest BCUT2D eigenvalue weighted by atomic mass is 16.5. The zero-order valence-electron chi connectivity index (χ0n) is 7.38. The van der Waals surface area contributed by atoms with Gasteiger partial charge in [-0.25, -0.2) is 4.79 Å². The molecule has 1 aliphatic rings. The first-order valence-electron chi connectivity index (χ1n) is 4.17. The number of amides is 2. The minimum Gasteiger partial charge on any atom is -0.375 e. The average molecular weight is 171 g/mol. The van der Waals surface area contributed by atoms with E-state index in [2.05, 4.69) is 12.2 Å². The molecule has 0 saturated carbocycles. The number of carbonyl (C=O) groups excluding carboxylic acids is 1. The van der Waals surface area contributed by atoms with Gasteiger partial charge in [-0.15, -0.1) is 0 Å². The van der Waals surface area contributed by atoms with Crippen LogP contribution in [-0.4, -0.2) is 43.3 Å². The van der Waals surface area contributed by atoms with Crippen LogP contribution in [0.5, 0.6) is 0 Å². The summed E-state index contributed by atoms with van der Waals surface area (Å²) in [6, 6.07) is -0.0415. The van der Waals surface area contributed by atoms with E-state index in [0.717, 1.165) is 0 Å². The second-order valence-corrected chi connectivity index (χ2v) is 2.86. The molecule has 12 heavy (non-hydrogen) atoms. The van der Waals surface area contributed by atoms with Crippen molar-refractivity contribution in [2.45, 2.75) is 13.0 Å². The van der Waals surface area contributed by atoms with Gasteiger partial charge < -0.3 is 15.0 Å². The van der Waals surface area contributed by atoms with E-state index in [1.165, 1.54) is 0 Å². The van der Waals surface area contributed by atoms with Gasteiger partial charge in [0.05, 0.1) is 12.7 Å². The SMILES string of the molecule is [CH2]CNC(=O)N1CCOC(C)C1. The highest BCUT2D eigenvalue weighted by molar-refractivity contribution is 5.74. The highest BCUT2D eigenvalue weighted by Crippen LogP contribution is 2.03. The Hall–Kier alpha value is -0.770. The number of ether oxygens (including phenoxy) is 1. The van der Waals surface area contributed by atoms with Crippen molar-refractivity contribution < 1.29 is 9.53 Å². The van der Waals surface area contributed by atoms with Gasteiger partial charge in [-0.1, -0.05) is 0 Å². The molecule has 1 unspecified atom stereocenters. The lowest BCUT2D eigenvalue weighted by molar-refractivity contribution is -0.00333. The molecule has 1 fully saturated rings. The quantitative estimate of drug-likeness (QED) is 0.614. The van der Waals surface area contributed by atoms with Crippen LogP contribution in [0, 0.1) is 6.92 Å². The van der Waals surface area contributed by atoms with Crippen LogP contribution in [0.1, 0.15) is 6.92 Å². The lowest BCUT2D eigenvalue weighted by atomic mass is 10.3. The second-order valence-electron chi connectivity index (χ2n) is 2.86. The van der Waals surface area contributed by atoms with Gasteiger partial charge in [0.25, 0.3) is 0 Å². The molecular weight excluding hydrogens is 156 g/mol. The molecule has 69 valence electrons. The van der Waals surface area contributed by atoms with E-state index in [4.69, 9.17) is 4.74 Å². The molecule has 4 nitrogen and oxygen atoms in total. The molecule has 0 aromatic carbocycles. The van der Waals surface area contributed by atoms with Crippen molar-refractivity contribution in [2.75, 3.05) is 26.2 Å². The molecule has 2 amide bonds. The van der Waals surface area contributed by atoms with Crippen LogP contribution in [-0.2, 0) is 4.74 Å². The monoisotopic (exact) mass is 171 g/mol. The highest BCUT2D eigenvalue weighted by Gasteiger charge is 2.20. The third-order valence-corrected chi connectivity index (χ3v) is 1.80. The predicted molar refractivity (Wildman–Crippen MR) is 45.7 cm³/mol. The molecule has 1 aliphatic heterocycles. The number of urea groups is 1. The summed E-state index contributed by atoms with van der Waals surface area (Å²) in [5.74, 6) is 0. The van der Waals surface area contributed by atoms with E-state index in [-0.39, 0.29) is 12.1 Å². The Morgan fingerprint density at radius 2 is 2.58 bits per heavy atom. The summed E-state index contributed by atoms with van der Waals surface area (Å²) < 4.78 is 5.30. The van der Waals surface area contributed by atoms with Crippen molar-refractivity contribution in [3.8, 4) is 0 Å². The molecule has 1 rings (SSSR count). The van der Waals surface area contributed by atoms with E-state index in [1.807, 2.05) is 6.92 Å². The van der Waals surface area contributed by atoms with Crippen molar-refractivity contribution in [1.29, 1.82) is 0 Å². The summed E-state index contributed by atoms with van der Waals surface area (Å²) in [5, 5.41) is 2.66. The maximum atomic E-state index is 11.3. The van der Waals surface area contributed by atoms with Gasteiger partial charge in [0.15, 0.2) is 0 Å². The van der Waals surface area contributed by atoms with E-state index < -0.39 is 0 Å². The largest absolute Gasteiger partial charge is 0.375 e. The Labute approximate surface area is 72.9 Å². The fraction of sp³-hybridized carbons (Fsp3) is 0.750. The average Bonchev–Trinajstić information content (AvgIpc) is 2.05. The smallest absolute Gasteiger partial charge is 0.317 e. The first-order chi connectivity index (χ1) is 5.74. The van der Waals surface area contributed by atoms with E-state index in [0.29, 0.717) is 26.2 Å². The van der Waals surface area contributed by atoms with Gasteiger partial charge in [-0.05, 0) is 13.8 Å².